The van der Waals surface area contributed by atoms with Gasteiger partial charge in [0.2, 0.25) is 17.6 Å². The summed E-state index contributed by atoms with van der Waals surface area (Å²) in [5.41, 5.74) is 4.63. The number of piperidine rings is 1. The van der Waals surface area contributed by atoms with Crippen LogP contribution in [0.15, 0.2) is 53.1 Å². The third kappa shape index (κ3) is 7.27. The highest BCUT2D eigenvalue weighted by Crippen LogP contribution is 2.21. The van der Waals surface area contributed by atoms with Gasteiger partial charge in [0.05, 0.1) is 12.5 Å². The summed E-state index contributed by atoms with van der Waals surface area (Å²) < 4.78 is 5.52. The molecule has 5 rings (SSSR count). The Balaban J connectivity index is 1.08. The highest BCUT2D eigenvalue weighted by Gasteiger charge is 2.27. The van der Waals surface area contributed by atoms with Crippen LogP contribution in [0, 0.1) is 12.8 Å². The fourth-order valence-corrected chi connectivity index (χ4v) is 5.47. The molecule has 1 N–H and O–H groups in total. The zero-order chi connectivity index (χ0) is 25.5. The number of hydrogen-bond acceptors (Lipinski definition) is 6. The van der Waals surface area contributed by atoms with E-state index in [4.69, 9.17) is 4.52 Å². The second kappa shape index (κ2) is 12.5. The Kier molecular flexibility index (Phi) is 8.64. The molecule has 2 aliphatic heterocycles. The summed E-state index contributed by atoms with van der Waals surface area (Å²) in [7, 11) is 0. The molecule has 1 atom stereocenters. The van der Waals surface area contributed by atoms with Gasteiger partial charge in [0.15, 0.2) is 0 Å². The largest absolute Gasteiger partial charge is 0.352 e. The number of likely N-dealkylation sites (tertiary alicyclic amines) is 2. The maximum absolute atomic E-state index is 13.0. The standard InChI is InChI=1S/C30H39N5O2/c1-23-8-6-9-26(18-23)29-32-28(37-33-29)22-35-17-7-10-27(21-35)30(36)31-19-24-11-13-25(14-12-24)20-34-15-4-2-3-5-16-34/h6,8-9,11-14,18,27H,2-5,7,10,15-17,19-22H2,1H3,(H,31,36). The van der Waals surface area contributed by atoms with Crippen molar-refractivity contribution in [1.29, 1.82) is 0 Å². The molecule has 2 saturated heterocycles. The van der Waals surface area contributed by atoms with Gasteiger partial charge in [0.25, 0.3) is 0 Å². The first-order chi connectivity index (χ1) is 18.1. The maximum Gasteiger partial charge on any atom is 0.241 e. The van der Waals surface area contributed by atoms with E-state index in [2.05, 4.69) is 68.6 Å². The predicted octanol–water partition coefficient (Wildman–Crippen LogP) is 4.95. The number of aryl methyl sites for hydroxylation is 1. The minimum absolute atomic E-state index is 0.0183. The zero-order valence-corrected chi connectivity index (χ0v) is 22.0. The zero-order valence-electron chi connectivity index (χ0n) is 22.0. The number of nitrogens with one attached hydrogen (secondary N) is 1. The number of hydrogen-bond donors (Lipinski definition) is 1. The number of amides is 1. The molecule has 2 fully saturated rings. The summed E-state index contributed by atoms with van der Waals surface area (Å²) in [5.74, 6) is 1.32. The van der Waals surface area contributed by atoms with Crippen molar-refractivity contribution in [2.45, 2.75) is 65.1 Å². The average molecular weight is 502 g/mol. The van der Waals surface area contributed by atoms with Crippen LogP contribution < -0.4 is 5.32 Å². The lowest BCUT2D eigenvalue weighted by molar-refractivity contribution is -0.127. The van der Waals surface area contributed by atoms with E-state index in [1.54, 1.807) is 0 Å². The molecule has 196 valence electrons. The van der Waals surface area contributed by atoms with Gasteiger partial charge >= 0.3 is 0 Å². The van der Waals surface area contributed by atoms with Crippen LogP contribution in [-0.4, -0.2) is 52.0 Å². The summed E-state index contributed by atoms with van der Waals surface area (Å²) in [6, 6.07) is 16.8. The van der Waals surface area contributed by atoms with Crippen LogP contribution in [0.4, 0.5) is 0 Å². The van der Waals surface area contributed by atoms with Gasteiger partial charge in [-0.2, -0.15) is 4.98 Å². The third-order valence-corrected chi connectivity index (χ3v) is 7.57. The fraction of sp³-hybridized carbons (Fsp3) is 0.500. The van der Waals surface area contributed by atoms with Crippen molar-refractivity contribution in [1.82, 2.24) is 25.3 Å². The summed E-state index contributed by atoms with van der Waals surface area (Å²) in [5, 5.41) is 7.32. The minimum Gasteiger partial charge on any atom is -0.352 e. The van der Waals surface area contributed by atoms with E-state index >= 15 is 0 Å². The van der Waals surface area contributed by atoms with Crippen molar-refractivity contribution in [2.24, 2.45) is 5.92 Å². The molecule has 2 aliphatic rings. The number of aromatic nitrogens is 2. The molecule has 2 aromatic carbocycles. The van der Waals surface area contributed by atoms with Crippen molar-refractivity contribution < 1.29 is 9.32 Å². The third-order valence-electron chi connectivity index (χ3n) is 7.57. The van der Waals surface area contributed by atoms with Crippen molar-refractivity contribution in [3.8, 4) is 11.4 Å². The average Bonchev–Trinajstić information content (AvgIpc) is 3.23. The normalized spacial score (nSPS) is 19.4. The fourth-order valence-electron chi connectivity index (χ4n) is 5.47. The number of rotatable bonds is 8. The summed E-state index contributed by atoms with van der Waals surface area (Å²) in [4.78, 5) is 22.4. The number of nitrogens with zero attached hydrogens (tertiary/aromatic N) is 4. The van der Waals surface area contributed by atoms with E-state index in [0.29, 0.717) is 31.3 Å². The lowest BCUT2D eigenvalue weighted by Gasteiger charge is -2.30. The molecule has 1 amide bonds. The van der Waals surface area contributed by atoms with Gasteiger partial charge in [-0.1, -0.05) is 66.0 Å². The van der Waals surface area contributed by atoms with Gasteiger partial charge in [0, 0.05) is 25.2 Å². The Morgan fingerprint density at radius 1 is 0.946 bits per heavy atom. The number of carbonyl (C=O) groups excluding carboxylic acids is 1. The first-order valence-corrected chi connectivity index (χ1v) is 13.8. The molecular formula is C30H39N5O2. The van der Waals surface area contributed by atoms with E-state index in [-0.39, 0.29) is 11.8 Å². The quantitative estimate of drug-likeness (QED) is 0.471. The van der Waals surface area contributed by atoms with Crippen molar-refractivity contribution in [3.05, 3.63) is 71.1 Å². The van der Waals surface area contributed by atoms with Crippen molar-refractivity contribution in [2.75, 3.05) is 26.2 Å². The second-order valence-corrected chi connectivity index (χ2v) is 10.7. The first kappa shape index (κ1) is 25.6. The van der Waals surface area contributed by atoms with E-state index in [1.807, 2.05) is 12.1 Å². The van der Waals surface area contributed by atoms with Gasteiger partial charge in [-0.15, -0.1) is 0 Å². The monoisotopic (exact) mass is 501 g/mol. The van der Waals surface area contributed by atoms with E-state index in [9.17, 15) is 4.79 Å². The Labute approximate surface area is 220 Å². The molecule has 0 spiro atoms. The van der Waals surface area contributed by atoms with Gasteiger partial charge in [-0.05, 0) is 69.4 Å². The SMILES string of the molecule is Cc1cccc(-c2noc(CN3CCCC(C(=O)NCc4ccc(CN5CCCCCC5)cc4)C3)n2)c1. The molecule has 3 aromatic rings. The van der Waals surface area contributed by atoms with Crippen LogP contribution in [0.2, 0.25) is 0 Å². The van der Waals surface area contributed by atoms with Crippen LogP contribution in [0.25, 0.3) is 11.4 Å². The highest BCUT2D eigenvalue weighted by molar-refractivity contribution is 5.79. The molecule has 0 radical (unpaired) electrons. The molecule has 0 bridgehead atoms. The van der Waals surface area contributed by atoms with Gasteiger partial charge in [-0.3, -0.25) is 14.6 Å². The van der Waals surface area contributed by atoms with Crippen LogP contribution >= 0.6 is 0 Å². The lowest BCUT2D eigenvalue weighted by Crippen LogP contribution is -2.42. The van der Waals surface area contributed by atoms with E-state index in [0.717, 1.165) is 42.6 Å². The summed E-state index contributed by atoms with van der Waals surface area (Å²) >= 11 is 0. The number of benzene rings is 2. The van der Waals surface area contributed by atoms with Crippen LogP contribution in [0.1, 0.15) is 61.1 Å². The second-order valence-electron chi connectivity index (χ2n) is 10.7. The van der Waals surface area contributed by atoms with Crippen LogP contribution in [0.5, 0.6) is 0 Å². The van der Waals surface area contributed by atoms with Crippen LogP contribution in [-0.2, 0) is 24.4 Å². The first-order valence-electron chi connectivity index (χ1n) is 13.8. The molecule has 3 heterocycles. The minimum atomic E-state index is -0.0183. The molecular weight excluding hydrogens is 462 g/mol. The van der Waals surface area contributed by atoms with Crippen molar-refractivity contribution >= 4 is 5.91 Å². The van der Waals surface area contributed by atoms with Gasteiger partial charge in [-0.25, -0.2) is 0 Å². The lowest BCUT2D eigenvalue weighted by atomic mass is 9.97. The Hall–Kier alpha value is -3.03. The van der Waals surface area contributed by atoms with E-state index < -0.39 is 0 Å². The maximum atomic E-state index is 13.0. The van der Waals surface area contributed by atoms with E-state index in [1.165, 1.54) is 44.3 Å². The molecule has 37 heavy (non-hydrogen) atoms. The molecule has 7 nitrogen and oxygen atoms in total. The molecule has 7 heteroatoms. The number of carbonyl (C=O) groups is 1. The topological polar surface area (TPSA) is 74.5 Å². The van der Waals surface area contributed by atoms with Crippen molar-refractivity contribution in [3.63, 3.8) is 0 Å². The Bertz CT molecular complexity index is 1150. The van der Waals surface area contributed by atoms with Gasteiger partial charge < -0.3 is 9.84 Å². The molecule has 0 saturated carbocycles. The Morgan fingerprint density at radius 3 is 2.49 bits per heavy atom. The summed E-state index contributed by atoms with van der Waals surface area (Å²) in [6.07, 6.45) is 7.25. The molecule has 1 unspecified atom stereocenters. The molecule has 1 aromatic heterocycles. The van der Waals surface area contributed by atoms with Gasteiger partial charge in [0.1, 0.15) is 0 Å². The Morgan fingerprint density at radius 2 is 1.70 bits per heavy atom. The molecule has 0 aliphatic carbocycles. The highest BCUT2D eigenvalue weighted by atomic mass is 16.5. The van der Waals surface area contributed by atoms with Crippen LogP contribution in [0.3, 0.4) is 0 Å². The summed E-state index contributed by atoms with van der Waals surface area (Å²) in [6.45, 7) is 8.28. The predicted molar refractivity (Wildman–Crippen MR) is 145 cm³/mol. The smallest absolute Gasteiger partial charge is 0.241 e.